The quantitative estimate of drug-likeness (QED) is 0.795. The van der Waals surface area contributed by atoms with Crippen molar-refractivity contribution in [2.75, 3.05) is 7.05 Å². The van der Waals surface area contributed by atoms with Gasteiger partial charge >= 0.3 is 0 Å². The molecule has 0 N–H and O–H groups in total. The van der Waals surface area contributed by atoms with Crippen LogP contribution < -0.4 is 0 Å². The number of hydrogen-bond donors (Lipinski definition) is 0. The van der Waals surface area contributed by atoms with Crippen LogP contribution in [0.1, 0.15) is 43.2 Å². The lowest BCUT2D eigenvalue weighted by Crippen LogP contribution is -2.28. The number of hydrogen-bond acceptors (Lipinski definition) is 1. The van der Waals surface area contributed by atoms with Gasteiger partial charge in [-0.05, 0) is 49.7 Å². The molecule has 1 amide bonds. The summed E-state index contributed by atoms with van der Waals surface area (Å²) < 4.78 is 0. The Morgan fingerprint density at radius 2 is 1.90 bits per heavy atom. The first-order valence-corrected chi connectivity index (χ1v) is 7.53. The van der Waals surface area contributed by atoms with Crippen molar-refractivity contribution in [3.05, 3.63) is 53.2 Å². The van der Waals surface area contributed by atoms with Crippen LogP contribution in [-0.2, 0) is 11.2 Å². The number of rotatable bonds is 2. The maximum absolute atomic E-state index is 12.8. The molecule has 2 heteroatoms. The van der Waals surface area contributed by atoms with Crippen molar-refractivity contribution < 1.29 is 4.79 Å². The van der Waals surface area contributed by atoms with Gasteiger partial charge in [0.15, 0.2) is 0 Å². The Hall–Kier alpha value is -1.83. The highest BCUT2D eigenvalue weighted by Gasteiger charge is 2.23. The summed E-state index contributed by atoms with van der Waals surface area (Å²) in [6.07, 6.45) is 10.9. The van der Waals surface area contributed by atoms with Crippen LogP contribution >= 0.6 is 0 Å². The summed E-state index contributed by atoms with van der Waals surface area (Å²) in [5, 5.41) is 0. The average Bonchev–Trinajstić information content (AvgIpc) is 2.54. The maximum atomic E-state index is 12.8. The molecule has 0 aromatic heterocycles. The van der Waals surface area contributed by atoms with Gasteiger partial charge in [0.25, 0.3) is 5.91 Å². The predicted octanol–water partition coefficient (Wildman–Crippen LogP) is 3.93. The minimum Gasteiger partial charge on any atom is -0.316 e. The summed E-state index contributed by atoms with van der Waals surface area (Å²) >= 11 is 0. The highest BCUT2D eigenvalue weighted by atomic mass is 16.2. The Bertz CT molecular complexity index is 583. The highest BCUT2D eigenvalue weighted by Crippen LogP contribution is 2.29. The normalized spacial score (nSPS) is 17.9. The number of benzene rings is 1. The molecule has 2 aliphatic carbocycles. The van der Waals surface area contributed by atoms with E-state index in [1.807, 2.05) is 18.0 Å². The van der Waals surface area contributed by atoms with E-state index in [0.717, 1.165) is 36.8 Å². The fourth-order valence-corrected chi connectivity index (χ4v) is 3.12. The Morgan fingerprint density at radius 3 is 2.70 bits per heavy atom. The maximum Gasteiger partial charge on any atom is 0.258 e. The van der Waals surface area contributed by atoms with Gasteiger partial charge in [0, 0.05) is 18.3 Å². The summed E-state index contributed by atoms with van der Waals surface area (Å²) in [4.78, 5) is 14.6. The van der Waals surface area contributed by atoms with Crippen LogP contribution in [0, 0.1) is 0 Å². The van der Waals surface area contributed by atoms with Crippen molar-refractivity contribution in [1.29, 1.82) is 0 Å². The molecule has 104 valence electrons. The topological polar surface area (TPSA) is 20.3 Å². The molecule has 1 aromatic rings. The monoisotopic (exact) mass is 267 g/mol. The Kier molecular flexibility index (Phi) is 3.72. The zero-order chi connectivity index (χ0) is 13.9. The van der Waals surface area contributed by atoms with Crippen LogP contribution in [0.15, 0.2) is 42.1 Å². The molecule has 0 spiro atoms. The minimum absolute atomic E-state index is 0.144. The third kappa shape index (κ3) is 2.43. The lowest BCUT2D eigenvalue weighted by atomic mass is 9.90. The van der Waals surface area contributed by atoms with Crippen molar-refractivity contribution >= 4 is 11.5 Å². The molecule has 20 heavy (non-hydrogen) atoms. The lowest BCUT2D eigenvalue weighted by Gasteiger charge is -2.26. The van der Waals surface area contributed by atoms with E-state index in [1.165, 1.54) is 24.1 Å². The largest absolute Gasteiger partial charge is 0.316 e. The second-order valence-electron chi connectivity index (χ2n) is 5.62. The standard InChI is InChI=1S/C18H21NO/c1-19(15-10-3-2-4-11-15)18(20)17-13-7-9-14-8-5-6-12-16(14)17/h5-6,8,10,12-13H,2-4,7,9,11H2,1H3. The molecule has 0 radical (unpaired) electrons. The van der Waals surface area contributed by atoms with Crippen molar-refractivity contribution in [1.82, 2.24) is 4.90 Å². The molecule has 0 unspecified atom stereocenters. The van der Waals surface area contributed by atoms with E-state index < -0.39 is 0 Å². The first kappa shape index (κ1) is 13.2. The van der Waals surface area contributed by atoms with Gasteiger partial charge in [0.05, 0.1) is 0 Å². The first-order valence-electron chi connectivity index (χ1n) is 7.53. The van der Waals surface area contributed by atoms with E-state index in [1.54, 1.807) is 0 Å². The number of amides is 1. The van der Waals surface area contributed by atoms with Crippen LogP contribution in [0.3, 0.4) is 0 Å². The predicted molar refractivity (Wildman–Crippen MR) is 82.1 cm³/mol. The number of fused-ring (bicyclic) bond motifs is 1. The molecule has 0 aliphatic heterocycles. The molecule has 0 heterocycles. The van der Waals surface area contributed by atoms with Crippen LogP contribution in [0.5, 0.6) is 0 Å². The number of allylic oxidation sites excluding steroid dienone is 3. The second-order valence-corrected chi connectivity index (χ2v) is 5.62. The van der Waals surface area contributed by atoms with Gasteiger partial charge in [-0.25, -0.2) is 0 Å². The van der Waals surface area contributed by atoms with E-state index in [4.69, 9.17) is 0 Å². The Labute approximate surface area is 120 Å². The van der Waals surface area contributed by atoms with Crippen LogP contribution in [0.25, 0.3) is 5.57 Å². The molecule has 0 atom stereocenters. The summed E-state index contributed by atoms with van der Waals surface area (Å²) in [6.45, 7) is 0. The molecule has 0 fully saturated rings. The molecule has 2 aliphatic rings. The summed E-state index contributed by atoms with van der Waals surface area (Å²) in [5.41, 5.74) is 4.47. The van der Waals surface area contributed by atoms with E-state index in [2.05, 4.69) is 30.4 Å². The summed E-state index contributed by atoms with van der Waals surface area (Å²) in [7, 11) is 1.91. The summed E-state index contributed by atoms with van der Waals surface area (Å²) in [5.74, 6) is 0.144. The second kappa shape index (κ2) is 5.66. The lowest BCUT2D eigenvalue weighted by molar-refractivity contribution is -0.122. The van der Waals surface area contributed by atoms with E-state index in [-0.39, 0.29) is 5.91 Å². The molecular weight excluding hydrogens is 246 g/mol. The van der Waals surface area contributed by atoms with Crippen molar-refractivity contribution in [3.8, 4) is 0 Å². The van der Waals surface area contributed by atoms with Gasteiger partial charge in [-0.2, -0.15) is 0 Å². The van der Waals surface area contributed by atoms with E-state index >= 15 is 0 Å². The Morgan fingerprint density at radius 1 is 1.05 bits per heavy atom. The molecule has 1 aromatic carbocycles. The van der Waals surface area contributed by atoms with E-state index in [9.17, 15) is 4.79 Å². The van der Waals surface area contributed by atoms with Crippen LogP contribution in [-0.4, -0.2) is 17.9 Å². The zero-order valence-electron chi connectivity index (χ0n) is 12.1. The zero-order valence-corrected chi connectivity index (χ0v) is 12.1. The third-order valence-electron chi connectivity index (χ3n) is 4.30. The highest BCUT2D eigenvalue weighted by molar-refractivity contribution is 6.20. The average molecular weight is 267 g/mol. The smallest absolute Gasteiger partial charge is 0.258 e. The van der Waals surface area contributed by atoms with Crippen molar-refractivity contribution in [2.24, 2.45) is 0 Å². The molecule has 2 nitrogen and oxygen atoms in total. The van der Waals surface area contributed by atoms with Crippen LogP contribution in [0.4, 0.5) is 0 Å². The molecular formula is C18H21NO. The fraction of sp³-hybridized carbons (Fsp3) is 0.389. The van der Waals surface area contributed by atoms with Gasteiger partial charge in [-0.1, -0.05) is 36.4 Å². The Balaban J connectivity index is 1.87. The fourth-order valence-electron chi connectivity index (χ4n) is 3.12. The van der Waals surface area contributed by atoms with Gasteiger partial charge < -0.3 is 4.90 Å². The number of nitrogens with zero attached hydrogens (tertiary/aromatic N) is 1. The minimum atomic E-state index is 0.144. The molecule has 0 bridgehead atoms. The number of likely N-dealkylation sites (N-methyl/N-ethyl adjacent to an activating group) is 1. The molecule has 3 rings (SSSR count). The van der Waals surface area contributed by atoms with Gasteiger partial charge in [0.1, 0.15) is 0 Å². The SMILES string of the molecule is CN(C(=O)C1=CCCc2ccccc21)C1=CCCCC1. The van der Waals surface area contributed by atoms with Gasteiger partial charge in [-0.3, -0.25) is 4.79 Å². The van der Waals surface area contributed by atoms with Gasteiger partial charge in [0.2, 0.25) is 0 Å². The first-order chi connectivity index (χ1) is 9.77. The van der Waals surface area contributed by atoms with E-state index in [0.29, 0.717) is 0 Å². The number of carbonyl (C=O) groups is 1. The number of aryl methyl sites for hydroxylation is 1. The molecule has 0 saturated carbocycles. The van der Waals surface area contributed by atoms with Crippen molar-refractivity contribution in [2.45, 2.75) is 38.5 Å². The van der Waals surface area contributed by atoms with Crippen LogP contribution in [0.2, 0.25) is 0 Å². The number of carbonyl (C=O) groups excluding carboxylic acids is 1. The molecule has 0 saturated heterocycles. The third-order valence-corrected chi connectivity index (χ3v) is 4.30. The summed E-state index contributed by atoms with van der Waals surface area (Å²) in [6, 6.07) is 8.28. The van der Waals surface area contributed by atoms with Gasteiger partial charge in [-0.15, -0.1) is 0 Å². The van der Waals surface area contributed by atoms with Crippen molar-refractivity contribution in [3.63, 3.8) is 0 Å².